The highest BCUT2D eigenvalue weighted by atomic mass is 32.2. The van der Waals surface area contributed by atoms with E-state index in [2.05, 4.69) is 45.8 Å². The van der Waals surface area contributed by atoms with Crippen molar-refractivity contribution in [2.45, 2.75) is 59.2 Å². The molecule has 0 saturated carbocycles. The molecule has 0 spiro atoms. The van der Waals surface area contributed by atoms with Crippen molar-refractivity contribution in [2.75, 3.05) is 17.4 Å². The minimum atomic E-state index is -0.842. The number of hydrogen-bond donors (Lipinski definition) is 0. The van der Waals surface area contributed by atoms with Crippen LogP contribution in [0, 0.1) is 5.41 Å². The SMILES string of the molecule is C[S+](CCC1=CC(C)(C)CCC1)C[Si](C)(C)C. The first-order chi connectivity index (χ1) is 7.68. The second-order valence-electron chi connectivity index (χ2n) is 7.59. The second-order valence-corrected chi connectivity index (χ2v) is 15.8. The monoisotopic (exact) mass is 271 g/mol. The van der Waals surface area contributed by atoms with E-state index in [0.717, 1.165) is 0 Å². The zero-order valence-corrected chi connectivity index (χ0v) is 14.5. The predicted octanol–water partition coefficient (Wildman–Crippen LogP) is 4.64. The maximum absolute atomic E-state index is 2.57. The summed E-state index contributed by atoms with van der Waals surface area (Å²) in [5.74, 6) is 1.44. The normalized spacial score (nSPS) is 22.1. The van der Waals surface area contributed by atoms with Crippen LogP contribution in [-0.2, 0) is 10.9 Å². The first-order valence-corrected chi connectivity index (χ1v) is 12.7. The summed E-state index contributed by atoms with van der Waals surface area (Å²) in [5.41, 5.74) is 2.22. The van der Waals surface area contributed by atoms with Crippen LogP contribution in [-0.4, -0.2) is 25.5 Å². The summed E-state index contributed by atoms with van der Waals surface area (Å²) in [6.45, 7) is 12.3. The van der Waals surface area contributed by atoms with E-state index in [4.69, 9.17) is 0 Å². The Morgan fingerprint density at radius 3 is 2.47 bits per heavy atom. The van der Waals surface area contributed by atoms with Gasteiger partial charge in [0.1, 0.15) is 13.8 Å². The summed E-state index contributed by atoms with van der Waals surface area (Å²) in [4.78, 5) is 0. The van der Waals surface area contributed by atoms with Crippen LogP contribution >= 0.6 is 0 Å². The topological polar surface area (TPSA) is 0 Å². The number of allylic oxidation sites excluding steroid dienone is 2. The maximum atomic E-state index is 2.57. The third-order valence-electron chi connectivity index (χ3n) is 3.36. The number of hydrogen-bond acceptors (Lipinski definition) is 0. The van der Waals surface area contributed by atoms with Crippen LogP contribution in [0.3, 0.4) is 0 Å². The van der Waals surface area contributed by atoms with Gasteiger partial charge in [-0.25, -0.2) is 0 Å². The molecule has 100 valence electrons. The van der Waals surface area contributed by atoms with Gasteiger partial charge in [0, 0.05) is 6.42 Å². The van der Waals surface area contributed by atoms with Crippen LogP contribution in [0.15, 0.2) is 11.6 Å². The fraction of sp³-hybridized carbons (Fsp3) is 0.867. The van der Waals surface area contributed by atoms with Crippen molar-refractivity contribution in [3.8, 4) is 0 Å². The van der Waals surface area contributed by atoms with Crippen LogP contribution in [0.5, 0.6) is 0 Å². The van der Waals surface area contributed by atoms with E-state index < -0.39 is 8.07 Å². The Balaban J connectivity index is 2.38. The Kier molecular flexibility index (Phi) is 5.39. The summed E-state index contributed by atoms with van der Waals surface area (Å²) in [6, 6.07) is 0. The summed E-state index contributed by atoms with van der Waals surface area (Å²) in [7, 11) is -0.188. The van der Waals surface area contributed by atoms with Crippen molar-refractivity contribution in [1.82, 2.24) is 0 Å². The van der Waals surface area contributed by atoms with Gasteiger partial charge in [-0.2, -0.15) is 0 Å². The first-order valence-electron chi connectivity index (χ1n) is 6.98. The molecule has 1 aliphatic rings. The van der Waals surface area contributed by atoms with Gasteiger partial charge >= 0.3 is 0 Å². The van der Waals surface area contributed by atoms with Gasteiger partial charge in [-0.3, -0.25) is 0 Å². The van der Waals surface area contributed by atoms with E-state index in [0.29, 0.717) is 16.3 Å². The van der Waals surface area contributed by atoms with Crippen molar-refractivity contribution in [1.29, 1.82) is 0 Å². The third-order valence-corrected chi connectivity index (χ3v) is 9.70. The highest BCUT2D eigenvalue weighted by Crippen LogP contribution is 2.34. The fourth-order valence-corrected chi connectivity index (χ4v) is 9.88. The molecule has 0 aromatic carbocycles. The van der Waals surface area contributed by atoms with Gasteiger partial charge in [-0.15, -0.1) is 0 Å². The van der Waals surface area contributed by atoms with Crippen molar-refractivity contribution in [3.63, 3.8) is 0 Å². The Bertz CT molecular complexity index is 273. The molecule has 0 aliphatic heterocycles. The Morgan fingerprint density at radius 2 is 1.94 bits per heavy atom. The zero-order valence-electron chi connectivity index (χ0n) is 12.7. The summed E-state index contributed by atoms with van der Waals surface area (Å²) < 4.78 is 0. The van der Waals surface area contributed by atoms with Gasteiger partial charge in [0.05, 0.1) is 11.6 Å². The molecule has 0 aromatic rings. The van der Waals surface area contributed by atoms with Crippen LogP contribution in [0.4, 0.5) is 0 Å². The lowest BCUT2D eigenvalue weighted by molar-refractivity contribution is 0.394. The summed E-state index contributed by atoms with van der Waals surface area (Å²) in [5, 5.41) is 1.52. The molecule has 1 aliphatic carbocycles. The Hall–Kier alpha value is 0.307. The van der Waals surface area contributed by atoms with Gasteiger partial charge in [0.25, 0.3) is 0 Å². The van der Waals surface area contributed by atoms with E-state index in [1.807, 2.05) is 0 Å². The maximum Gasteiger partial charge on any atom is 0.111 e. The Labute approximate surface area is 113 Å². The molecule has 1 unspecified atom stereocenters. The van der Waals surface area contributed by atoms with E-state index in [-0.39, 0.29) is 0 Å². The van der Waals surface area contributed by atoms with E-state index in [1.54, 1.807) is 5.57 Å². The largest absolute Gasteiger partial charge is 0.111 e. The Morgan fingerprint density at radius 1 is 1.29 bits per heavy atom. The highest BCUT2D eigenvalue weighted by Gasteiger charge is 2.25. The molecule has 0 N–H and O–H groups in total. The molecule has 0 radical (unpaired) electrons. The lowest BCUT2D eigenvalue weighted by Crippen LogP contribution is -2.33. The van der Waals surface area contributed by atoms with Crippen molar-refractivity contribution in [2.24, 2.45) is 5.41 Å². The molecule has 0 amide bonds. The molecule has 0 aromatic heterocycles. The molecular weight excluding hydrogens is 240 g/mol. The van der Waals surface area contributed by atoms with E-state index >= 15 is 0 Å². The average molecular weight is 272 g/mol. The lowest BCUT2D eigenvalue weighted by Gasteiger charge is -2.27. The van der Waals surface area contributed by atoms with E-state index in [9.17, 15) is 0 Å². The van der Waals surface area contributed by atoms with Gasteiger partial charge in [-0.05, 0) is 35.6 Å². The summed E-state index contributed by atoms with van der Waals surface area (Å²) in [6.07, 6.45) is 10.6. The van der Waals surface area contributed by atoms with E-state index in [1.165, 1.54) is 36.8 Å². The standard InChI is InChI=1S/C15H31SSi/c1-15(2)10-7-8-14(12-15)9-11-16(3)13-17(4,5)6/h12H,7-11,13H2,1-6H3/q+1. The predicted molar refractivity (Wildman–Crippen MR) is 86.7 cm³/mol. The smallest absolute Gasteiger partial charge is 0.0795 e. The average Bonchev–Trinajstić information content (AvgIpc) is 2.10. The van der Waals surface area contributed by atoms with Crippen LogP contribution < -0.4 is 0 Å². The molecule has 1 atom stereocenters. The zero-order chi connectivity index (χ0) is 13.1. The number of rotatable bonds is 5. The molecule has 0 bridgehead atoms. The molecule has 0 fully saturated rings. The first kappa shape index (κ1) is 15.4. The molecular formula is C15H31SSi+. The van der Waals surface area contributed by atoms with Gasteiger partial charge in [0.15, 0.2) is 0 Å². The van der Waals surface area contributed by atoms with Crippen LogP contribution in [0.2, 0.25) is 19.6 Å². The quantitative estimate of drug-likeness (QED) is 0.388. The second kappa shape index (κ2) is 5.97. The fourth-order valence-electron chi connectivity index (χ4n) is 2.78. The van der Waals surface area contributed by atoms with Gasteiger partial charge < -0.3 is 0 Å². The summed E-state index contributed by atoms with van der Waals surface area (Å²) >= 11 is 0. The molecule has 1 rings (SSSR count). The third kappa shape index (κ3) is 6.71. The van der Waals surface area contributed by atoms with Crippen molar-refractivity contribution >= 4 is 19.0 Å². The molecule has 2 heteroatoms. The molecule has 0 nitrogen and oxygen atoms in total. The minimum Gasteiger partial charge on any atom is -0.0795 e. The van der Waals surface area contributed by atoms with Crippen molar-refractivity contribution in [3.05, 3.63) is 11.6 Å². The van der Waals surface area contributed by atoms with Gasteiger partial charge in [0.2, 0.25) is 0 Å². The highest BCUT2D eigenvalue weighted by molar-refractivity contribution is 7.97. The van der Waals surface area contributed by atoms with Crippen LogP contribution in [0.25, 0.3) is 0 Å². The van der Waals surface area contributed by atoms with Crippen LogP contribution in [0.1, 0.15) is 39.5 Å². The molecule has 0 saturated heterocycles. The minimum absolute atomic E-state index is 0.471. The lowest BCUT2D eigenvalue weighted by atomic mass is 9.79. The van der Waals surface area contributed by atoms with Gasteiger partial charge in [-0.1, -0.05) is 45.1 Å². The molecule has 17 heavy (non-hydrogen) atoms. The molecule has 0 heterocycles. The van der Waals surface area contributed by atoms with Crippen molar-refractivity contribution < 1.29 is 0 Å².